The molecule has 47 valence electrons. The molecule has 3 nitrogen and oxygen atoms in total. The fourth-order valence-electron chi connectivity index (χ4n) is 0.506. The van der Waals surface area contributed by atoms with Gasteiger partial charge in [0.15, 0.2) is 5.75 Å². The second-order valence-electron chi connectivity index (χ2n) is 1.65. The van der Waals surface area contributed by atoms with E-state index in [4.69, 9.17) is 10.2 Å². The van der Waals surface area contributed by atoms with E-state index in [0.29, 0.717) is 0 Å². The van der Waals surface area contributed by atoms with Crippen LogP contribution in [-0.2, 0) is 5.11 Å². The average Bonchev–Trinajstić information content (AvgIpc) is 1.80. The minimum atomic E-state index is -0.479. The molecule has 9 heavy (non-hydrogen) atoms. The van der Waals surface area contributed by atoms with E-state index < -0.39 is 11.5 Å². The molecule has 0 aliphatic heterocycles. The van der Waals surface area contributed by atoms with Crippen molar-refractivity contribution in [2.75, 3.05) is 0 Å². The lowest BCUT2D eigenvalue weighted by molar-refractivity contribution is 0.322. The van der Waals surface area contributed by atoms with Gasteiger partial charge in [0, 0.05) is 6.07 Å². The van der Waals surface area contributed by atoms with Crippen LogP contribution in [-0.4, -0.2) is 10.2 Å². The molecule has 0 bridgehead atoms. The van der Waals surface area contributed by atoms with Gasteiger partial charge < -0.3 is 10.2 Å². The van der Waals surface area contributed by atoms with E-state index in [1.54, 1.807) is 0 Å². The average molecular weight is 125 g/mol. The number of benzene rings is 1. The maximum Gasteiger partial charge on any atom is 0.220 e. The van der Waals surface area contributed by atoms with Crippen molar-refractivity contribution in [1.82, 2.24) is 0 Å². The topological polar surface area (TPSA) is 60.4 Å². The van der Waals surface area contributed by atoms with Crippen molar-refractivity contribution in [3.05, 3.63) is 18.2 Å². The van der Waals surface area contributed by atoms with Crippen molar-refractivity contribution in [1.29, 1.82) is 0 Å². The molecule has 0 amide bonds. The van der Waals surface area contributed by atoms with Crippen LogP contribution in [0.2, 0.25) is 0 Å². The van der Waals surface area contributed by atoms with Crippen molar-refractivity contribution in [2.45, 2.75) is 0 Å². The van der Waals surface area contributed by atoms with E-state index in [2.05, 4.69) is 0 Å². The minimum Gasteiger partial charge on any atom is -0.508 e. The van der Waals surface area contributed by atoms with E-state index in [-0.39, 0.29) is 5.75 Å². The van der Waals surface area contributed by atoms with Gasteiger partial charge in [0.25, 0.3) is 0 Å². The molecule has 0 atom stereocenters. The molecule has 1 aromatic carbocycles. The molecular weight excluding hydrogens is 120 g/mol. The summed E-state index contributed by atoms with van der Waals surface area (Å²) >= 11 is 0. The first-order valence-corrected chi connectivity index (χ1v) is 2.39. The normalized spacial score (nSPS) is 9.33. The lowest BCUT2D eigenvalue weighted by Gasteiger charge is -1.92. The molecule has 0 spiro atoms. The second kappa shape index (κ2) is 1.85. The maximum atomic E-state index is 10.4. The van der Waals surface area contributed by atoms with E-state index in [0.717, 1.165) is 12.1 Å². The Morgan fingerprint density at radius 2 is 1.89 bits per heavy atom. The van der Waals surface area contributed by atoms with Crippen LogP contribution in [0.3, 0.4) is 0 Å². The van der Waals surface area contributed by atoms with Crippen LogP contribution in [0.25, 0.3) is 0 Å². The third-order valence-electron chi connectivity index (χ3n) is 0.943. The number of hydrogen-bond acceptors (Lipinski definition) is 2. The summed E-state index contributed by atoms with van der Waals surface area (Å²) in [4.78, 5) is 0. The quantitative estimate of drug-likeness (QED) is 0.548. The number of rotatable bonds is 0. The fraction of sp³-hybridized carbons (Fsp3) is 0. The zero-order valence-corrected chi connectivity index (χ0v) is 4.53. The molecule has 0 fully saturated rings. The van der Waals surface area contributed by atoms with Gasteiger partial charge in [-0.2, -0.15) is 0 Å². The van der Waals surface area contributed by atoms with Crippen LogP contribution in [0.15, 0.2) is 18.2 Å². The largest absolute Gasteiger partial charge is 0.508 e. The molecule has 0 aliphatic carbocycles. The Bertz CT molecular complexity index is 220. The summed E-state index contributed by atoms with van der Waals surface area (Å²) in [5.41, 5.74) is 0. The Kier molecular flexibility index (Phi) is 1.18. The fourth-order valence-corrected chi connectivity index (χ4v) is 0.506. The van der Waals surface area contributed by atoms with Crippen molar-refractivity contribution in [3.63, 3.8) is 0 Å². The first-order valence-electron chi connectivity index (χ1n) is 2.39. The van der Waals surface area contributed by atoms with Crippen molar-refractivity contribution in [2.24, 2.45) is 0 Å². The standard InChI is InChI=1S/C6H5O3/c7-4-1-2-5(8)6(9)3-4/h1-3,7,9H. The summed E-state index contributed by atoms with van der Waals surface area (Å²) in [6.07, 6.45) is 0. The van der Waals surface area contributed by atoms with Crippen molar-refractivity contribution < 1.29 is 15.3 Å². The summed E-state index contributed by atoms with van der Waals surface area (Å²) < 4.78 is 0. The Hall–Kier alpha value is -1.38. The Morgan fingerprint density at radius 1 is 1.22 bits per heavy atom. The smallest absolute Gasteiger partial charge is 0.220 e. The summed E-state index contributed by atoms with van der Waals surface area (Å²) in [6, 6.07) is 3.33. The van der Waals surface area contributed by atoms with E-state index in [1.807, 2.05) is 0 Å². The minimum absolute atomic E-state index is 0.105. The first kappa shape index (κ1) is 5.75. The van der Waals surface area contributed by atoms with Crippen LogP contribution < -0.4 is 0 Å². The summed E-state index contributed by atoms with van der Waals surface area (Å²) in [7, 11) is 0. The summed E-state index contributed by atoms with van der Waals surface area (Å²) in [5.74, 6) is -1.00. The highest BCUT2D eigenvalue weighted by atomic mass is 16.3. The molecule has 1 rings (SSSR count). The Morgan fingerprint density at radius 3 is 2.33 bits per heavy atom. The van der Waals surface area contributed by atoms with Gasteiger partial charge in [-0.1, -0.05) is 0 Å². The molecule has 3 heteroatoms. The monoisotopic (exact) mass is 125 g/mol. The predicted octanol–water partition coefficient (Wildman–Crippen LogP) is 1.24. The van der Waals surface area contributed by atoms with Gasteiger partial charge in [0.05, 0.1) is 0 Å². The van der Waals surface area contributed by atoms with Crippen LogP contribution in [0, 0.1) is 0 Å². The second-order valence-corrected chi connectivity index (χ2v) is 1.65. The molecule has 0 heterocycles. The highest BCUT2D eigenvalue weighted by molar-refractivity contribution is 5.42. The summed E-state index contributed by atoms with van der Waals surface area (Å²) in [6.45, 7) is 0. The summed E-state index contributed by atoms with van der Waals surface area (Å²) in [5, 5.41) is 27.7. The van der Waals surface area contributed by atoms with E-state index >= 15 is 0 Å². The van der Waals surface area contributed by atoms with Gasteiger partial charge in [-0.25, -0.2) is 0 Å². The molecule has 2 N–H and O–H groups in total. The molecule has 0 unspecified atom stereocenters. The van der Waals surface area contributed by atoms with Gasteiger partial charge in [-0.05, 0) is 12.1 Å². The molecule has 0 saturated heterocycles. The van der Waals surface area contributed by atoms with Crippen LogP contribution in [0.1, 0.15) is 0 Å². The van der Waals surface area contributed by atoms with Crippen LogP contribution in [0.5, 0.6) is 17.2 Å². The van der Waals surface area contributed by atoms with Gasteiger partial charge in [-0.15, -0.1) is 0 Å². The zero-order valence-electron chi connectivity index (χ0n) is 4.53. The van der Waals surface area contributed by atoms with Gasteiger partial charge in [-0.3, -0.25) is 5.11 Å². The van der Waals surface area contributed by atoms with Crippen molar-refractivity contribution in [3.8, 4) is 17.2 Å². The van der Waals surface area contributed by atoms with Gasteiger partial charge in [0.2, 0.25) is 5.75 Å². The van der Waals surface area contributed by atoms with Gasteiger partial charge in [0.1, 0.15) is 5.75 Å². The number of hydrogen-bond donors (Lipinski definition) is 2. The van der Waals surface area contributed by atoms with E-state index in [1.165, 1.54) is 6.07 Å². The van der Waals surface area contributed by atoms with Crippen LogP contribution in [0.4, 0.5) is 0 Å². The molecule has 0 aliphatic rings. The number of phenols is 2. The highest BCUT2D eigenvalue weighted by Gasteiger charge is 1.99. The molecule has 1 radical (unpaired) electrons. The third kappa shape index (κ3) is 1.05. The molecule has 0 saturated carbocycles. The predicted molar refractivity (Wildman–Crippen MR) is 29.9 cm³/mol. The number of aromatic hydroxyl groups is 2. The maximum absolute atomic E-state index is 10.4. The zero-order chi connectivity index (χ0) is 6.85. The first-order chi connectivity index (χ1) is 4.20. The lowest BCUT2D eigenvalue weighted by Crippen LogP contribution is -1.65. The SMILES string of the molecule is [O]c1ccc(O)cc1O. The molecule has 1 aromatic rings. The van der Waals surface area contributed by atoms with E-state index in [9.17, 15) is 5.11 Å². The van der Waals surface area contributed by atoms with Crippen LogP contribution >= 0.6 is 0 Å². The third-order valence-corrected chi connectivity index (χ3v) is 0.943. The lowest BCUT2D eigenvalue weighted by atomic mass is 10.3. The number of phenolic OH excluding ortho intramolecular Hbond substituents is 2. The highest BCUT2D eigenvalue weighted by Crippen LogP contribution is 2.28. The Balaban J connectivity index is 3.17. The molecular formula is C6H5O3. The molecule has 0 aromatic heterocycles. The van der Waals surface area contributed by atoms with Crippen molar-refractivity contribution >= 4 is 0 Å². The van der Waals surface area contributed by atoms with Gasteiger partial charge >= 0.3 is 0 Å². The Labute approximate surface area is 51.8 Å².